The van der Waals surface area contributed by atoms with Crippen LogP contribution in [-0.2, 0) is 0 Å². The Morgan fingerprint density at radius 3 is 2.92 bits per heavy atom. The monoisotopic (exact) mass is 339 g/mol. The number of carbonyl (C=O) groups is 1. The number of hydrazone groups is 1. The number of nitrogens with zero attached hydrogens (tertiary/aromatic N) is 2. The molecule has 132 valence electrons. The number of benzene rings is 1. The fourth-order valence-electron chi connectivity index (χ4n) is 3.52. The van der Waals surface area contributed by atoms with Crippen LogP contribution in [0.2, 0.25) is 0 Å². The molecule has 1 amide bonds. The number of aromatic amines is 1. The highest BCUT2D eigenvalue weighted by atomic mass is 16.1. The summed E-state index contributed by atoms with van der Waals surface area (Å²) in [6.07, 6.45) is 4.20. The lowest BCUT2D eigenvalue weighted by molar-refractivity contribution is 0.100. The second kappa shape index (κ2) is 7.11. The summed E-state index contributed by atoms with van der Waals surface area (Å²) in [6.45, 7) is 7.55. The Morgan fingerprint density at radius 1 is 1.48 bits per heavy atom. The van der Waals surface area contributed by atoms with Gasteiger partial charge < -0.3 is 16.0 Å². The fourth-order valence-corrected chi connectivity index (χ4v) is 3.52. The molecule has 1 unspecified atom stereocenters. The van der Waals surface area contributed by atoms with Crippen LogP contribution in [0.3, 0.4) is 0 Å². The smallest absolute Gasteiger partial charge is 0.250 e. The molecule has 2 heterocycles. The van der Waals surface area contributed by atoms with E-state index in [1.165, 1.54) is 5.56 Å². The van der Waals surface area contributed by atoms with E-state index in [1.807, 2.05) is 32.3 Å². The average Bonchev–Trinajstić information content (AvgIpc) is 3.06. The van der Waals surface area contributed by atoms with Gasteiger partial charge in [0.05, 0.1) is 11.1 Å². The van der Waals surface area contributed by atoms with Gasteiger partial charge in [0.25, 0.3) is 5.91 Å². The molecule has 2 aromatic rings. The van der Waals surface area contributed by atoms with Gasteiger partial charge >= 0.3 is 0 Å². The number of amides is 1. The van der Waals surface area contributed by atoms with Crippen LogP contribution in [-0.4, -0.2) is 42.8 Å². The second-order valence-electron chi connectivity index (χ2n) is 6.61. The number of primary amides is 1. The van der Waals surface area contributed by atoms with Crippen LogP contribution in [0.1, 0.15) is 47.3 Å². The summed E-state index contributed by atoms with van der Waals surface area (Å²) in [5.41, 5.74) is 10.1. The number of allylic oxidation sites excluding steroid dienone is 1. The number of H-pyrrole nitrogens is 1. The lowest BCUT2D eigenvalue weighted by Crippen LogP contribution is -2.28. The third kappa shape index (κ3) is 3.44. The molecule has 4 N–H and O–H groups in total. The Labute approximate surface area is 147 Å². The van der Waals surface area contributed by atoms with Gasteiger partial charge in [0, 0.05) is 37.6 Å². The van der Waals surface area contributed by atoms with E-state index in [0.29, 0.717) is 11.5 Å². The maximum Gasteiger partial charge on any atom is 0.250 e. The fraction of sp³-hybridized carbons (Fsp3) is 0.368. The van der Waals surface area contributed by atoms with Gasteiger partial charge in [-0.15, -0.1) is 0 Å². The van der Waals surface area contributed by atoms with Gasteiger partial charge in [0.15, 0.2) is 0 Å². The highest BCUT2D eigenvalue weighted by Gasteiger charge is 2.21. The van der Waals surface area contributed by atoms with Crippen molar-refractivity contribution >= 4 is 29.1 Å². The molecule has 0 saturated carbocycles. The zero-order valence-corrected chi connectivity index (χ0v) is 14.8. The van der Waals surface area contributed by atoms with Crippen LogP contribution in [0.15, 0.2) is 29.5 Å². The predicted molar refractivity (Wildman–Crippen MR) is 103 cm³/mol. The molecule has 1 aliphatic rings. The summed E-state index contributed by atoms with van der Waals surface area (Å²) in [4.78, 5) is 15.2. The molecule has 6 heteroatoms. The Bertz CT molecular complexity index is 830. The molecule has 1 fully saturated rings. The first kappa shape index (κ1) is 17.2. The van der Waals surface area contributed by atoms with Crippen molar-refractivity contribution in [1.29, 1.82) is 0 Å². The minimum Gasteiger partial charge on any atom is -0.366 e. The molecular formula is C19H25N5O. The molecule has 25 heavy (non-hydrogen) atoms. The molecule has 3 rings (SSSR count). The summed E-state index contributed by atoms with van der Waals surface area (Å²) in [7, 11) is 1.83. The lowest BCUT2D eigenvalue weighted by atomic mass is 9.88. The van der Waals surface area contributed by atoms with Crippen LogP contribution in [0.25, 0.3) is 16.5 Å². The number of aromatic nitrogens is 1. The normalized spacial score (nSPS) is 18.3. The molecule has 1 aromatic heterocycles. The number of nitrogens with one attached hydrogen (secondary N) is 2. The van der Waals surface area contributed by atoms with Gasteiger partial charge in [-0.25, -0.2) is 0 Å². The van der Waals surface area contributed by atoms with Crippen molar-refractivity contribution < 1.29 is 4.79 Å². The average molecular weight is 339 g/mol. The molecule has 6 nitrogen and oxygen atoms in total. The molecule has 0 aliphatic carbocycles. The molecule has 0 bridgehead atoms. The van der Waals surface area contributed by atoms with Crippen molar-refractivity contribution in [1.82, 2.24) is 15.3 Å². The van der Waals surface area contributed by atoms with Crippen molar-refractivity contribution in [2.24, 2.45) is 10.8 Å². The van der Waals surface area contributed by atoms with Gasteiger partial charge in [0.2, 0.25) is 0 Å². The van der Waals surface area contributed by atoms with E-state index in [2.05, 4.69) is 28.2 Å². The quantitative estimate of drug-likeness (QED) is 0.578. The Hall–Kier alpha value is -2.60. The molecule has 1 aliphatic heterocycles. The van der Waals surface area contributed by atoms with Crippen LogP contribution < -0.4 is 11.1 Å². The van der Waals surface area contributed by atoms with Crippen molar-refractivity contribution in [2.45, 2.75) is 25.7 Å². The Kier molecular flexibility index (Phi) is 4.90. The third-order valence-electron chi connectivity index (χ3n) is 4.86. The van der Waals surface area contributed by atoms with Crippen LogP contribution in [0, 0.1) is 0 Å². The maximum atomic E-state index is 11.8. The number of carbonyl (C=O) groups excluding carboxylic acids is 1. The van der Waals surface area contributed by atoms with E-state index >= 15 is 0 Å². The van der Waals surface area contributed by atoms with Gasteiger partial charge in [-0.1, -0.05) is 6.07 Å². The lowest BCUT2D eigenvalue weighted by Gasteiger charge is -2.24. The zero-order valence-electron chi connectivity index (χ0n) is 14.8. The minimum atomic E-state index is -0.418. The molecular weight excluding hydrogens is 314 g/mol. The van der Waals surface area contributed by atoms with Gasteiger partial charge in [0.1, 0.15) is 0 Å². The first-order chi connectivity index (χ1) is 12.0. The summed E-state index contributed by atoms with van der Waals surface area (Å²) < 4.78 is 0. The third-order valence-corrected chi connectivity index (χ3v) is 4.86. The van der Waals surface area contributed by atoms with Crippen molar-refractivity contribution in [3.05, 3.63) is 41.2 Å². The van der Waals surface area contributed by atoms with E-state index in [0.717, 1.165) is 48.1 Å². The van der Waals surface area contributed by atoms with E-state index < -0.39 is 5.91 Å². The van der Waals surface area contributed by atoms with Crippen LogP contribution in [0.4, 0.5) is 0 Å². The summed E-state index contributed by atoms with van der Waals surface area (Å²) in [5, 5.41) is 10.0. The summed E-state index contributed by atoms with van der Waals surface area (Å²) >= 11 is 0. The first-order valence-corrected chi connectivity index (χ1v) is 8.55. The van der Waals surface area contributed by atoms with Crippen molar-refractivity contribution in [3.63, 3.8) is 0 Å². The van der Waals surface area contributed by atoms with Crippen molar-refractivity contribution in [2.75, 3.05) is 20.1 Å². The van der Waals surface area contributed by atoms with E-state index in [4.69, 9.17) is 5.73 Å². The van der Waals surface area contributed by atoms with Gasteiger partial charge in [-0.05, 0) is 55.5 Å². The number of piperidine rings is 1. The number of nitrogens with two attached hydrogens (primary N) is 1. The van der Waals surface area contributed by atoms with Crippen molar-refractivity contribution in [3.8, 4) is 0 Å². The molecule has 1 aromatic carbocycles. The maximum absolute atomic E-state index is 11.8. The standard InChI is InChI=1S/C19H25N5O/c1-12(11-24(3)21-2)17-9-16-14(13-5-4-8-22-10-13)6-7-15(19(20)25)18(16)23-17/h6-7,9,11,13,22-23H,2,4-5,8,10H2,1,3H3,(H2,20,25)/b12-11+. The molecule has 0 radical (unpaired) electrons. The summed E-state index contributed by atoms with van der Waals surface area (Å²) in [6, 6.07) is 5.99. The Morgan fingerprint density at radius 2 is 2.28 bits per heavy atom. The SMILES string of the molecule is C=NN(C)/C=C(\C)c1cc2c(C3CCCNC3)ccc(C(N)=O)c2[nH]1. The highest BCUT2D eigenvalue weighted by Crippen LogP contribution is 2.33. The van der Waals surface area contributed by atoms with E-state index in [1.54, 1.807) is 5.01 Å². The number of fused-ring (bicyclic) bond motifs is 1. The molecule has 0 spiro atoms. The van der Waals surface area contributed by atoms with Crippen LogP contribution >= 0.6 is 0 Å². The Balaban J connectivity index is 2.13. The molecule has 1 saturated heterocycles. The highest BCUT2D eigenvalue weighted by molar-refractivity contribution is 6.06. The summed E-state index contributed by atoms with van der Waals surface area (Å²) in [5.74, 6) is 0.0295. The zero-order chi connectivity index (χ0) is 18.0. The van der Waals surface area contributed by atoms with Crippen LogP contribution in [0.5, 0.6) is 0 Å². The van der Waals surface area contributed by atoms with Gasteiger partial charge in [-0.2, -0.15) is 5.10 Å². The number of hydrogen-bond acceptors (Lipinski definition) is 4. The number of hydrogen-bond donors (Lipinski definition) is 3. The molecule has 1 atom stereocenters. The minimum absolute atomic E-state index is 0.418. The first-order valence-electron chi connectivity index (χ1n) is 8.55. The largest absolute Gasteiger partial charge is 0.366 e. The van der Waals surface area contributed by atoms with E-state index in [9.17, 15) is 4.79 Å². The predicted octanol–water partition coefficient (Wildman–Crippen LogP) is 2.64. The second-order valence-corrected chi connectivity index (χ2v) is 6.61. The van der Waals surface area contributed by atoms with Gasteiger partial charge in [-0.3, -0.25) is 9.80 Å². The number of rotatable bonds is 5. The topological polar surface area (TPSA) is 86.5 Å². The van der Waals surface area contributed by atoms with E-state index in [-0.39, 0.29) is 0 Å².